The van der Waals surface area contributed by atoms with Crippen molar-refractivity contribution in [1.29, 1.82) is 0 Å². The zero-order valence-corrected chi connectivity index (χ0v) is 22.1. The molecule has 3 aromatic carbocycles. The van der Waals surface area contributed by atoms with Gasteiger partial charge in [-0.1, -0.05) is 79.2 Å². The second-order valence-electron chi connectivity index (χ2n) is 8.77. The molecule has 5 rings (SSSR count). The zero-order chi connectivity index (χ0) is 23.3. The molecule has 6 heteroatoms. The molecule has 1 aromatic heterocycles. The number of carbonyl (C=O) groups excluding carboxylic acids is 1. The number of benzene rings is 3. The first kappa shape index (κ1) is 25.2. The summed E-state index contributed by atoms with van der Waals surface area (Å²) >= 11 is 0. The van der Waals surface area contributed by atoms with Crippen molar-refractivity contribution >= 4 is 35.5 Å². The largest absolute Gasteiger partial charge is 0.440 e. The number of hydrogen-bond acceptors (Lipinski definition) is 5. The van der Waals surface area contributed by atoms with Crippen molar-refractivity contribution in [2.24, 2.45) is 5.92 Å². The molecule has 2 unspecified atom stereocenters. The van der Waals surface area contributed by atoms with Gasteiger partial charge in [-0.2, -0.15) is 0 Å². The van der Waals surface area contributed by atoms with Crippen LogP contribution in [0.2, 0.25) is 0 Å². The Balaban J connectivity index is 0.00000289. The van der Waals surface area contributed by atoms with E-state index in [9.17, 15) is 4.79 Å². The Labute approximate surface area is 227 Å². The van der Waals surface area contributed by atoms with E-state index in [0.717, 1.165) is 59.7 Å². The minimum absolute atomic E-state index is 0. The number of aromatic nitrogens is 1. The van der Waals surface area contributed by atoms with Crippen LogP contribution in [0.3, 0.4) is 0 Å². The third-order valence-corrected chi connectivity index (χ3v) is 6.35. The Bertz CT molecular complexity index is 1200. The van der Waals surface area contributed by atoms with Crippen LogP contribution in [0.1, 0.15) is 43.6 Å². The third kappa shape index (κ3) is 6.04. The number of oxazole rings is 1. The first-order valence-electron chi connectivity index (χ1n) is 11.7. The van der Waals surface area contributed by atoms with Crippen LogP contribution >= 0.6 is 0 Å². The number of carbonyl (C=O) groups is 1. The Kier molecular flexibility index (Phi) is 8.45. The molecular formula is C29H27NNaO4. The predicted molar refractivity (Wildman–Crippen MR) is 136 cm³/mol. The van der Waals surface area contributed by atoms with Crippen LogP contribution in [0.25, 0.3) is 22.6 Å². The fourth-order valence-electron chi connectivity index (χ4n) is 4.81. The fourth-order valence-corrected chi connectivity index (χ4v) is 4.81. The summed E-state index contributed by atoms with van der Waals surface area (Å²) in [5.41, 5.74) is 4.12. The summed E-state index contributed by atoms with van der Waals surface area (Å²) in [6.45, 7) is 1.32. The Morgan fingerprint density at radius 3 is 2.37 bits per heavy atom. The van der Waals surface area contributed by atoms with Crippen molar-refractivity contribution in [2.75, 3.05) is 0 Å². The van der Waals surface area contributed by atoms with Gasteiger partial charge in [-0.25, -0.2) is 9.78 Å². The Morgan fingerprint density at radius 2 is 1.66 bits per heavy atom. The summed E-state index contributed by atoms with van der Waals surface area (Å²) in [4.78, 5) is 25.9. The molecule has 1 saturated carbocycles. The second kappa shape index (κ2) is 11.7. The monoisotopic (exact) mass is 476 g/mol. The van der Waals surface area contributed by atoms with E-state index in [-0.39, 0.29) is 35.5 Å². The van der Waals surface area contributed by atoms with E-state index in [4.69, 9.17) is 14.3 Å². The molecule has 1 heterocycles. The van der Waals surface area contributed by atoms with E-state index >= 15 is 0 Å². The molecule has 4 aromatic rings. The summed E-state index contributed by atoms with van der Waals surface area (Å²) in [6, 6.07) is 28.1. The minimum atomic E-state index is -0.478. The summed E-state index contributed by atoms with van der Waals surface area (Å²) in [6.07, 6.45) is 4.19. The molecule has 2 atom stereocenters. The van der Waals surface area contributed by atoms with E-state index in [1.54, 1.807) is 6.07 Å². The zero-order valence-electron chi connectivity index (χ0n) is 20.1. The van der Waals surface area contributed by atoms with Crippen molar-refractivity contribution in [3.63, 3.8) is 0 Å². The van der Waals surface area contributed by atoms with Crippen LogP contribution in [-0.2, 0) is 16.1 Å². The van der Waals surface area contributed by atoms with Crippen molar-refractivity contribution in [1.82, 2.24) is 4.98 Å². The molecule has 0 N–H and O–H groups in total. The molecular weight excluding hydrogens is 449 g/mol. The van der Waals surface area contributed by atoms with Crippen LogP contribution < -0.4 is 4.89 Å². The quantitative estimate of drug-likeness (QED) is 0.171. The van der Waals surface area contributed by atoms with Gasteiger partial charge in [0.05, 0.1) is 0 Å². The number of rotatable bonds is 7. The van der Waals surface area contributed by atoms with Crippen LogP contribution in [0, 0.1) is 5.92 Å². The molecule has 0 bridgehead atoms. The molecule has 173 valence electrons. The third-order valence-electron chi connectivity index (χ3n) is 6.35. The van der Waals surface area contributed by atoms with Gasteiger partial charge in [-0.15, -0.1) is 0 Å². The number of hydrogen-bond donors (Lipinski definition) is 0. The van der Waals surface area contributed by atoms with Gasteiger partial charge < -0.3 is 4.42 Å². The summed E-state index contributed by atoms with van der Waals surface area (Å²) in [7, 11) is 0. The van der Waals surface area contributed by atoms with Gasteiger partial charge in [-0.05, 0) is 42.9 Å². The van der Waals surface area contributed by atoms with E-state index in [2.05, 4.69) is 35.2 Å². The topological polar surface area (TPSA) is 61.6 Å². The molecule has 1 aliphatic rings. The fraction of sp³-hybridized carbons (Fsp3) is 0.241. The SMILES string of the molecule is CC(=O)OOc1cccc(CC2CCCC2c2nc(-c3ccccc3)c(-c3ccccc3)o2)c1.[Na]. The molecule has 0 spiro atoms. The smallest absolute Gasteiger partial charge is 0.352 e. The van der Waals surface area contributed by atoms with E-state index < -0.39 is 5.97 Å². The van der Waals surface area contributed by atoms with E-state index in [1.807, 2.05) is 48.5 Å². The van der Waals surface area contributed by atoms with Crippen LogP contribution in [0.5, 0.6) is 5.75 Å². The van der Waals surface area contributed by atoms with Crippen molar-refractivity contribution in [3.05, 3.63) is 96.4 Å². The maximum Gasteiger partial charge on any atom is 0.352 e. The van der Waals surface area contributed by atoms with Crippen LogP contribution in [0.4, 0.5) is 0 Å². The van der Waals surface area contributed by atoms with Crippen molar-refractivity contribution in [2.45, 2.75) is 38.5 Å². The van der Waals surface area contributed by atoms with Gasteiger partial charge in [0.25, 0.3) is 0 Å². The van der Waals surface area contributed by atoms with Gasteiger partial charge in [0.1, 0.15) is 5.69 Å². The van der Waals surface area contributed by atoms with Crippen LogP contribution in [0.15, 0.2) is 89.3 Å². The van der Waals surface area contributed by atoms with Gasteiger partial charge in [-0.3, -0.25) is 9.78 Å². The van der Waals surface area contributed by atoms with Crippen molar-refractivity contribution < 1.29 is 19.0 Å². The standard InChI is InChI=1S/C29H27NO4.Na/c1-20(31)33-34-25-16-8-10-21(19-25)18-24-15-9-17-26(24)29-30-27(22-11-4-2-5-12-22)28(32-29)23-13-6-3-7-14-23;/h2-8,10-14,16,19,24,26H,9,15,17-18H2,1H3;. The van der Waals surface area contributed by atoms with Crippen molar-refractivity contribution in [3.8, 4) is 28.3 Å². The molecule has 1 fully saturated rings. The average molecular weight is 477 g/mol. The Morgan fingerprint density at radius 1 is 0.943 bits per heavy atom. The van der Waals surface area contributed by atoms with Gasteiger partial charge in [0.15, 0.2) is 17.4 Å². The maximum atomic E-state index is 11.1. The van der Waals surface area contributed by atoms with Crippen LogP contribution in [-0.4, -0.2) is 40.5 Å². The van der Waals surface area contributed by atoms with E-state index in [1.165, 1.54) is 6.92 Å². The average Bonchev–Trinajstić information content (AvgIpc) is 3.51. The molecule has 35 heavy (non-hydrogen) atoms. The molecule has 0 amide bonds. The first-order chi connectivity index (χ1) is 16.7. The van der Waals surface area contributed by atoms with Gasteiger partial charge in [0.2, 0.25) is 0 Å². The Hall–Kier alpha value is -2.86. The van der Waals surface area contributed by atoms with Gasteiger partial charge in [0, 0.05) is 53.5 Å². The summed E-state index contributed by atoms with van der Waals surface area (Å²) in [5.74, 6) is 2.34. The molecule has 0 aliphatic heterocycles. The second-order valence-corrected chi connectivity index (χ2v) is 8.77. The van der Waals surface area contributed by atoms with E-state index in [0.29, 0.717) is 11.7 Å². The normalized spacial score (nSPS) is 16.9. The molecule has 5 nitrogen and oxygen atoms in total. The summed E-state index contributed by atoms with van der Waals surface area (Å²) < 4.78 is 6.50. The first-order valence-corrected chi connectivity index (χ1v) is 11.7. The molecule has 1 aliphatic carbocycles. The summed E-state index contributed by atoms with van der Waals surface area (Å²) in [5, 5.41) is 0. The predicted octanol–water partition coefficient (Wildman–Crippen LogP) is 6.61. The molecule has 0 saturated heterocycles. The minimum Gasteiger partial charge on any atom is -0.440 e. The molecule has 1 radical (unpaired) electrons. The maximum absolute atomic E-state index is 11.1. The van der Waals surface area contributed by atoms with Gasteiger partial charge >= 0.3 is 5.97 Å². The number of nitrogens with zero attached hydrogens (tertiary/aromatic N) is 1.